The smallest absolute Gasteiger partial charge is 0.228 e. The number of pyridine rings is 1. The molecule has 4 nitrogen and oxygen atoms in total. The number of benzene rings is 1. The van der Waals surface area contributed by atoms with E-state index in [1.54, 1.807) is 6.20 Å². The third-order valence-corrected chi connectivity index (χ3v) is 3.82. The van der Waals surface area contributed by atoms with Crippen molar-refractivity contribution in [2.45, 2.75) is 32.6 Å². The van der Waals surface area contributed by atoms with Crippen molar-refractivity contribution in [3.05, 3.63) is 48.2 Å². The van der Waals surface area contributed by atoms with Crippen LogP contribution in [-0.4, -0.2) is 10.9 Å². The normalized spacial score (nSPS) is 14.0. The summed E-state index contributed by atoms with van der Waals surface area (Å²) >= 11 is 0. The lowest BCUT2D eigenvalue weighted by Gasteiger charge is -2.14. The van der Waals surface area contributed by atoms with Gasteiger partial charge in [-0.05, 0) is 42.5 Å². The van der Waals surface area contributed by atoms with Crippen LogP contribution in [0, 0.1) is 5.92 Å². The Balaban J connectivity index is 1.69. The Kier molecular flexibility index (Phi) is 4.09. The van der Waals surface area contributed by atoms with Gasteiger partial charge in [0, 0.05) is 11.6 Å². The minimum atomic E-state index is 0.0818. The van der Waals surface area contributed by atoms with Gasteiger partial charge in [0.05, 0.1) is 11.9 Å². The van der Waals surface area contributed by atoms with Crippen LogP contribution in [0.2, 0.25) is 0 Å². The number of nitrogens with one attached hydrogen (secondary N) is 2. The molecule has 1 aromatic heterocycles. The lowest BCUT2D eigenvalue weighted by Crippen LogP contribution is -2.14. The van der Waals surface area contributed by atoms with E-state index in [-0.39, 0.29) is 11.8 Å². The highest BCUT2D eigenvalue weighted by Gasteiger charge is 2.29. The van der Waals surface area contributed by atoms with E-state index in [0.29, 0.717) is 11.7 Å². The van der Waals surface area contributed by atoms with Crippen molar-refractivity contribution >= 4 is 23.1 Å². The molecule has 1 heterocycles. The second kappa shape index (κ2) is 6.18. The van der Waals surface area contributed by atoms with Crippen LogP contribution >= 0.6 is 0 Å². The van der Waals surface area contributed by atoms with Gasteiger partial charge in [0.25, 0.3) is 0 Å². The monoisotopic (exact) mass is 295 g/mol. The number of para-hydroxylation sites is 1. The Morgan fingerprint density at radius 3 is 2.59 bits per heavy atom. The highest BCUT2D eigenvalue weighted by Crippen LogP contribution is 2.30. The van der Waals surface area contributed by atoms with Gasteiger partial charge in [0.2, 0.25) is 5.91 Å². The summed E-state index contributed by atoms with van der Waals surface area (Å²) in [5.41, 5.74) is 3.28. The number of aromatic nitrogens is 1. The summed E-state index contributed by atoms with van der Waals surface area (Å²) in [5.74, 6) is 1.34. The van der Waals surface area contributed by atoms with E-state index < -0.39 is 0 Å². The molecule has 0 unspecified atom stereocenters. The number of rotatable bonds is 5. The molecule has 1 aliphatic carbocycles. The third kappa shape index (κ3) is 3.45. The lowest BCUT2D eigenvalue weighted by molar-refractivity contribution is -0.117. The Bertz CT molecular complexity index is 660. The van der Waals surface area contributed by atoms with Crippen LogP contribution in [0.5, 0.6) is 0 Å². The van der Waals surface area contributed by atoms with Gasteiger partial charge in [-0.3, -0.25) is 4.79 Å². The zero-order valence-corrected chi connectivity index (χ0v) is 13.0. The Morgan fingerprint density at radius 1 is 1.18 bits per heavy atom. The number of carbonyl (C=O) groups is 1. The maximum atomic E-state index is 11.7. The molecular formula is C18H21N3O. The van der Waals surface area contributed by atoms with Crippen molar-refractivity contribution in [1.29, 1.82) is 0 Å². The summed E-state index contributed by atoms with van der Waals surface area (Å²) in [6.45, 7) is 4.35. The molecule has 114 valence electrons. The molecule has 1 aromatic carbocycles. The first-order chi connectivity index (χ1) is 10.6. The van der Waals surface area contributed by atoms with Gasteiger partial charge in [0.1, 0.15) is 5.82 Å². The van der Waals surface area contributed by atoms with E-state index in [1.807, 2.05) is 18.2 Å². The molecule has 22 heavy (non-hydrogen) atoms. The van der Waals surface area contributed by atoms with Crippen molar-refractivity contribution in [3.63, 3.8) is 0 Å². The second-order valence-corrected chi connectivity index (χ2v) is 6.06. The molecule has 1 fully saturated rings. The number of carbonyl (C=O) groups excluding carboxylic acids is 1. The molecule has 2 aromatic rings. The van der Waals surface area contributed by atoms with Crippen molar-refractivity contribution in [2.24, 2.45) is 5.92 Å². The first-order valence-corrected chi connectivity index (χ1v) is 7.76. The fourth-order valence-corrected chi connectivity index (χ4v) is 2.39. The van der Waals surface area contributed by atoms with Crippen LogP contribution in [0.1, 0.15) is 38.2 Å². The van der Waals surface area contributed by atoms with Crippen LogP contribution in [-0.2, 0) is 4.79 Å². The topological polar surface area (TPSA) is 54.0 Å². The molecule has 4 heteroatoms. The fraction of sp³-hybridized carbons (Fsp3) is 0.333. The summed E-state index contributed by atoms with van der Waals surface area (Å²) in [6.07, 6.45) is 3.74. The van der Waals surface area contributed by atoms with Crippen molar-refractivity contribution in [2.75, 3.05) is 10.6 Å². The maximum absolute atomic E-state index is 11.7. The minimum Gasteiger partial charge on any atom is -0.354 e. The maximum Gasteiger partial charge on any atom is 0.228 e. The summed E-state index contributed by atoms with van der Waals surface area (Å²) in [6, 6.07) is 12.0. The molecule has 0 spiro atoms. The Labute approximate surface area is 131 Å². The SMILES string of the molecule is CC(C)c1ccccc1Nc1ccc(NC(=O)C2CC2)nc1. The van der Waals surface area contributed by atoms with E-state index in [9.17, 15) is 4.79 Å². The molecular weight excluding hydrogens is 274 g/mol. The molecule has 0 radical (unpaired) electrons. The predicted molar refractivity (Wildman–Crippen MR) is 89.4 cm³/mol. The van der Waals surface area contributed by atoms with Crippen LogP contribution in [0.15, 0.2) is 42.6 Å². The van der Waals surface area contributed by atoms with Crippen LogP contribution in [0.25, 0.3) is 0 Å². The minimum absolute atomic E-state index is 0.0818. The molecule has 1 amide bonds. The van der Waals surface area contributed by atoms with Crippen LogP contribution < -0.4 is 10.6 Å². The van der Waals surface area contributed by atoms with Crippen molar-refractivity contribution in [3.8, 4) is 0 Å². The first-order valence-electron chi connectivity index (χ1n) is 7.76. The van der Waals surface area contributed by atoms with Gasteiger partial charge in [0.15, 0.2) is 0 Å². The highest BCUT2D eigenvalue weighted by molar-refractivity contribution is 5.93. The number of hydrogen-bond acceptors (Lipinski definition) is 3. The quantitative estimate of drug-likeness (QED) is 0.864. The first kappa shape index (κ1) is 14.6. The summed E-state index contributed by atoms with van der Waals surface area (Å²) in [5, 5.41) is 6.24. The van der Waals surface area contributed by atoms with E-state index >= 15 is 0 Å². The molecule has 0 saturated heterocycles. The predicted octanol–water partition coefficient (Wildman–Crippen LogP) is 4.30. The average molecular weight is 295 g/mol. The largest absolute Gasteiger partial charge is 0.354 e. The number of hydrogen-bond donors (Lipinski definition) is 2. The standard InChI is InChI=1S/C18H21N3O/c1-12(2)15-5-3-4-6-16(15)20-14-9-10-17(19-11-14)21-18(22)13-7-8-13/h3-6,9-13,20H,7-8H2,1-2H3,(H,19,21,22). The molecule has 1 aliphatic rings. The molecule has 0 bridgehead atoms. The fourth-order valence-electron chi connectivity index (χ4n) is 2.39. The zero-order chi connectivity index (χ0) is 15.5. The number of amides is 1. The zero-order valence-electron chi connectivity index (χ0n) is 13.0. The molecule has 0 aliphatic heterocycles. The van der Waals surface area contributed by atoms with Gasteiger partial charge in [-0.2, -0.15) is 0 Å². The number of anilines is 3. The highest BCUT2D eigenvalue weighted by atomic mass is 16.2. The summed E-state index contributed by atoms with van der Waals surface area (Å²) in [7, 11) is 0. The van der Waals surface area contributed by atoms with Gasteiger partial charge in [-0.15, -0.1) is 0 Å². The van der Waals surface area contributed by atoms with E-state index in [2.05, 4.69) is 47.7 Å². The van der Waals surface area contributed by atoms with Crippen LogP contribution in [0.3, 0.4) is 0 Å². The summed E-state index contributed by atoms with van der Waals surface area (Å²) in [4.78, 5) is 16.0. The van der Waals surface area contributed by atoms with E-state index in [4.69, 9.17) is 0 Å². The Hall–Kier alpha value is -2.36. The van der Waals surface area contributed by atoms with Crippen LogP contribution in [0.4, 0.5) is 17.2 Å². The van der Waals surface area contributed by atoms with Crippen molar-refractivity contribution in [1.82, 2.24) is 4.98 Å². The molecule has 3 rings (SSSR count). The molecule has 2 N–H and O–H groups in total. The summed E-state index contributed by atoms with van der Waals surface area (Å²) < 4.78 is 0. The average Bonchev–Trinajstić information content (AvgIpc) is 3.34. The van der Waals surface area contributed by atoms with Gasteiger partial charge in [-0.25, -0.2) is 4.98 Å². The lowest BCUT2D eigenvalue weighted by atomic mass is 10.0. The third-order valence-electron chi connectivity index (χ3n) is 3.82. The number of nitrogens with zero attached hydrogens (tertiary/aromatic N) is 1. The van der Waals surface area contributed by atoms with Crippen molar-refractivity contribution < 1.29 is 4.79 Å². The molecule has 0 atom stereocenters. The van der Waals surface area contributed by atoms with E-state index in [0.717, 1.165) is 24.2 Å². The van der Waals surface area contributed by atoms with Gasteiger partial charge in [-0.1, -0.05) is 32.0 Å². The Morgan fingerprint density at radius 2 is 1.95 bits per heavy atom. The van der Waals surface area contributed by atoms with Gasteiger partial charge < -0.3 is 10.6 Å². The molecule has 1 saturated carbocycles. The van der Waals surface area contributed by atoms with Gasteiger partial charge >= 0.3 is 0 Å². The van der Waals surface area contributed by atoms with E-state index in [1.165, 1.54) is 5.56 Å². The second-order valence-electron chi connectivity index (χ2n) is 6.06.